The van der Waals surface area contributed by atoms with E-state index in [0.717, 1.165) is 5.56 Å². The number of aryl methyl sites for hydroxylation is 1. The van der Waals surface area contributed by atoms with Crippen molar-refractivity contribution in [2.45, 2.75) is 20.0 Å². The fraction of sp³-hybridized carbons (Fsp3) is 0.286. The Labute approximate surface area is 106 Å². The Morgan fingerprint density at radius 1 is 1.61 bits per heavy atom. The Hall–Kier alpha value is -2.28. The lowest BCUT2D eigenvalue weighted by Crippen LogP contribution is -2.36. The highest BCUT2D eigenvalue weighted by Gasteiger charge is 2.16. The van der Waals surface area contributed by atoms with Crippen molar-refractivity contribution in [3.63, 3.8) is 0 Å². The maximum atomic E-state index is 11.6. The van der Waals surface area contributed by atoms with Gasteiger partial charge in [-0.15, -0.1) is 6.42 Å². The molecule has 1 atom stereocenters. The molecule has 0 fully saturated rings. The van der Waals surface area contributed by atoms with Crippen LogP contribution in [0.1, 0.15) is 22.8 Å². The van der Waals surface area contributed by atoms with Gasteiger partial charge in [-0.3, -0.25) is 9.59 Å². The quantitative estimate of drug-likeness (QED) is 0.629. The Balaban J connectivity index is 2.81. The molecule has 1 rings (SSSR count). The number of terminal acetylenes is 1. The number of rotatable bonds is 5. The van der Waals surface area contributed by atoms with E-state index >= 15 is 0 Å². The third kappa shape index (κ3) is 3.36. The van der Waals surface area contributed by atoms with Gasteiger partial charge < -0.3 is 10.1 Å². The molecule has 0 heterocycles. The maximum absolute atomic E-state index is 11.6. The molecule has 1 aromatic rings. The maximum Gasteiger partial charge on any atom is 0.261 e. The van der Waals surface area contributed by atoms with Crippen molar-refractivity contribution in [2.24, 2.45) is 0 Å². The lowest BCUT2D eigenvalue weighted by atomic mass is 10.1. The molecule has 0 aliphatic heterocycles. The predicted octanol–water partition coefficient (Wildman–Crippen LogP) is 1.32. The van der Waals surface area contributed by atoms with Crippen LogP contribution in [0.25, 0.3) is 0 Å². The Morgan fingerprint density at radius 2 is 2.33 bits per heavy atom. The van der Waals surface area contributed by atoms with Crippen molar-refractivity contribution in [3.8, 4) is 18.1 Å². The van der Waals surface area contributed by atoms with Gasteiger partial charge in [-0.2, -0.15) is 0 Å². The summed E-state index contributed by atoms with van der Waals surface area (Å²) in [6.45, 7) is 3.57. The highest BCUT2D eigenvalue weighted by molar-refractivity contribution is 5.83. The molecule has 94 valence electrons. The van der Waals surface area contributed by atoms with Crippen LogP contribution < -0.4 is 10.1 Å². The monoisotopic (exact) mass is 245 g/mol. The van der Waals surface area contributed by atoms with Crippen molar-refractivity contribution in [1.29, 1.82) is 0 Å². The first kappa shape index (κ1) is 13.8. The van der Waals surface area contributed by atoms with Gasteiger partial charge >= 0.3 is 0 Å². The highest BCUT2D eigenvalue weighted by atomic mass is 16.5. The number of para-hydroxylation sites is 1. The van der Waals surface area contributed by atoms with E-state index < -0.39 is 6.10 Å². The van der Waals surface area contributed by atoms with E-state index in [4.69, 9.17) is 11.2 Å². The molecule has 0 spiro atoms. The van der Waals surface area contributed by atoms with Crippen LogP contribution in [0.2, 0.25) is 0 Å². The average molecular weight is 245 g/mol. The van der Waals surface area contributed by atoms with Gasteiger partial charge in [0.1, 0.15) is 5.75 Å². The van der Waals surface area contributed by atoms with E-state index in [-0.39, 0.29) is 12.5 Å². The summed E-state index contributed by atoms with van der Waals surface area (Å²) in [6, 6.07) is 5.21. The van der Waals surface area contributed by atoms with Gasteiger partial charge in [0.15, 0.2) is 12.4 Å². The summed E-state index contributed by atoms with van der Waals surface area (Å²) < 4.78 is 5.51. The SMILES string of the molecule is C#CCNC(=O)C(C)Oc1c(C)cccc1C=O. The second kappa shape index (κ2) is 6.45. The summed E-state index contributed by atoms with van der Waals surface area (Å²) in [6.07, 6.45) is 5.04. The van der Waals surface area contributed by atoms with E-state index in [2.05, 4.69) is 11.2 Å². The molecule has 1 amide bonds. The van der Waals surface area contributed by atoms with Crippen LogP contribution >= 0.6 is 0 Å². The molecular weight excluding hydrogens is 230 g/mol. The zero-order chi connectivity index (χ0) is 13.5. The molecule has 0 bridgehead atoms. The molecule has 1 aromatic carbocycles. The Morgan fingerprint density at radius 3 is 2.94 bits per heavy atom. The van der Waals surface area contributed by atoms with E-state index in [1.807, 2.05) is 13.0 Å². The van der Waals surface area contributed by atoms with Crippen molar-refractivity contribution in [1.82, 2.24) is 5.32 Å². The number of nitrogens with one attached hydrogen (secondary N) is 1. The van der Waals surface area contributed by atoms with E-state index in [1.54, 1.807) is 19.1 Å². The van der Waals surface area contributed by atoms with Gasteiger partial charge in [-0.1, -0.05) is 18.1 Å². The molecule has 4 heteroatoms. The van der Waals surface area contributed by atoms with Gasteiger partial charge in [-0.05, 0) is 25.5 Å². The van der Waals surface area contributed by atoms with E-state index in [1.165, 1.54) is 0 Å². The number of benzene rings is 1. The summed E-state index contributed by atoms with van der Waals surface area (Å²) in [5.41, 5.74) is 1.22. The zero-order valence-electron chi connectivity index (χ0n) is 10.4. The fourth-order valence-electron chi connectivity index (χ4n) is 1.44. The molecule has 0 saturated carbocycles. The normalized spacial score (nSPS) is 11.2. The number of carbonyl (C=O) groups excluding carboxylic acids is 2. The largest absolute Gasteiger partial charge is 0.480 e. The van der Waals surface area contributed by atoms with E-state index in [9.17, 15) is 9.59 Å². The molecule has 0 saturated heterocycles. The van der Waals surface area contributed by atoms with Gasteiger partial charge in [0.2, 0.25) is 0 Å². The Bertz CT molecular complexity index is 488. The van der Waals surface area contributed by atoms with Crippen LogP contribution in [0.5, 0.6) is 5.75 Å². The molecule has 0 aliphatic carbocycles. The molecule has 4 nitrogen and oxygen atoms in total. The van der Waals surface area contributed by atoms with Gasteiger partial charge in [-0.25, -0.2) is 0 Å². The molecule has 0 aromatic heterocycles. The highest BCUT2D eigenvalue weighted by Crippen LogP contribution is 2.23. The third-order valence-corrected chi connectivity index (χ3v) is 2.40. The molecule has 1 N–H and O–H groups in total. The number of carbonyl (C=O) groups is 2. The number of hydrogen-bond donors (Lipinski definition) is 1. The first-order chi connectivity index (χ1) is 8.60. The van der Waals surface area contributed by atoms with Gasteiger partial charge in [0, 0.05) is 0 Å². The minimum Gasteiger partial charge on any atom is -0.480 e. The number of amides is 1. The second-order valence-corrected chi connectivity index (χ2v) is 3.79. The molecule has 0 aliphatic rings. The zero-order valence-corrected chi connectivity index (χ0v) is 10.4. The summed E-state index contributed by atoms with van der Waals surface area (Å²) in [4.78, 5) is 22.5. The van der Waals surface area contributed by atoms with Crippen LogP contribution in [0, 0.1) is 19.3 Å². The Kier molecular flexibility index (Phi) is 4.94. The van der Waals surface area contributed by atoms with Crippen molar-refractivity contribution < 1.29 is 14.3 Å². The van der Waals surface area contributed by atoms with Gasteiger partial charge in [0.25, 0.3) is 5.91 Å². The third-order valence-electron chi connectivity index (χ3n) is 2.40. The minimum atomic E-state index is -0.710. The summed E-state index contributed by atoms with van der Waals surface area (Å²) in [5, 5.41) is 2.52. The minimum absolute atomic E-state index is 0.154. The average Bonchev–Trinajstić information content (AvgIpc) is 2.38. The molecular formula is C14H15NO3. The molecule has 18 heavy (non-hydrogen) atoms. The first-order valence-electron chi connectivity index (χ1n) is 5.52. The molecule has 1 unspecified atom stereocenters. The number of hydrogen-bond acceptors (Lipinski definition) is 3. The lowest BCUT2D eigenvalue weighted by molar-refractivity contribution is -0.127. The number of aldehydes is 1. The first-order valence-corrected chi connectivity index (χ1v) is 5.52. The topological polar surface area (TPSA) is 55.4 Å². The predicted molar refractivity (Wildman–Crippen MR) is 68.5 cm³/mol. The second-order valence-electron chi connectivity index (χ2n) is 3.79. The van der Waals surface area contributed by atoms with Crippen LogP contribution in [0.4, 0.5) is 0 Å². The summed E-state index contributed by atoms with van der Waals surface area (Å²) in [5.74, 6) is 2.42. The van der Waals surface area contributed by atoms with Gasteiger partial charge in [0.05, 0.1) is 12.1 Å². The molecule has 0 radical (unpaired) electrons. The standard InChI is InChI=1S/C14H15NO3/c1-4-8-15-14(17)11(3)18-13-10(2)6-5-7-12(13)9-16/h1,5-7,9,11H,8H2,2-3H3,(H,15,17). The van der Waals surface area contributed by atoms with Crippen LogP contribution in [0.3, 0.4) is 0 Å². The van der Waals surface area contributed by atoms with Crippen LogP contribution in [0.15, 0.2) is 18.2 Å². The smallest absolute Gasteiger partial charge is 0.261 e. The van der Waals surface area contributed by atoms with Crippen molar-refractivity contribution in [2.75, 3.05) is 6.54 Å². The van der Waals surface area contributed by atoms with Crippen LogP contribution in [-0.4, -0.2) is 24.8 Å². The number of ether oxygens (including phenoxy) is 1. The van der Waals surface area contributed by atoms with E-state index in [0.29, 0.717) is 17.6 Å². The summed E-state index contributed by atoms with van der Waals surface area (Å²) >= 11 is 0. The summed E-state index contributed by atoms with van der Waals surface area (Å²) in [7, 11) is 0. The van der Waals surface area contributed by atoms with Crippen LogP contribution in [-0.2, 0) is 4.79 Å². The fourth-order valence-corrected chi connectivity index (χ4v) is 1.44. The lowest BCUT2D eigenvalue weighted by Gasteiger charge is -2.16. The van der Waals surface area contributed by atoms with Crippen molar-refractivity contribution in [3.05, 3.63) is 29.3 Å². The van der Waals surface area contributed by atoms with Crippen molar-refractivity contribution >= 4 is 12.2 Å².